The zero-order valence-corrected chi connectivity index (χ0v) is 13.8. The van der Waals surface area contributed by atoms with E-state index in [0.717, 1.165) is 19.5 Å². The number of ether oxygens (including phenoxy) is 1. The Morgan fingerprint density at radius 3 is 2.61 bits per heavy atom. The molecule has 1 aromatic heterocycles. The summed E-state index contributed by atoms with van der Waals surface area (Å²) in [6.45, 7) is 6.69. The maximum absolute atomic E-state index is 11.4. The second kappa shape index (κ2) is 7.40. The van der Waals surface area contributed by atoms with Gasteiger partial charge in [-0.15, -0.1) is 0 Å². The second-order valence-corrected chi connectivity index (χ2v) is 6.13. The molecule has 0 bridgehead atoms. The van der Waals surface area contributed by atoms with Gasteiger partial charge in [-0.05, 0) is 18.3 Å². The highest BCUT2D eigenvalue weighted by molar-refractivity contribution is 5.71. The van der Waals surface area contributed by atoms with Gasteiger partial charge in [0.25, 0.3) is 0 Å². The van der Waals surface area contributed by atoms with Gasteiger partial charge in [0, 0.05) is 26.7 Å². The summed E-state index contributed by atoms with van der Waals surface area (Å²) in [5.41, 5.74) is 5.59. The van der Waals surface area contributed by atoms with Crippen LogP contribution in [0.3, 0.4) is 0 Å². The Kier molecular flexibility index (Phi) is 5.54. The van der Waals surface area contributed by atoms with Crippen LogP contribution in [0.1, 0.15) is 20.3 Å². The predicted octanol–water partition coefficient (Wildman–Crippen LogP) is 1.51. The zero-order chi connectivity index (χ0) is 17.0. The molecule has 1 aliphatic rings. The van der Waals surface area contributed by atoms with Crippen molar-refractivity contribution in [1.82, 2.24) is 9.97 Å². The molecule has 0 amide bonds. The SMILES string of the molecule is COCCNc1nc(N)c([N+](=O)[O-])c(N2C[C@H](C)C[C@H](C)C2)n1. The van der Waals surface area contributed by atoms with E-state index in [2.05, 4.69) is 29.1 Å². The number of aromatic nitrogens is 2. The summed E-state index contributed by atoms with van der Waals surface area (Å²) in [6, 6.07) is 0. The van der Waals surface area contributed by atoms with Gasteiger partial charge < -0.3 is 20.7 Å². The fourth-order valence-corrected chi connectivity index (χ4v) is 3.04. The van der Waals surface area contributed by atoms with Gasteiger partial charge in [-0.1, -0.05) is 13.8 Å². The third-order valence-corrected chi connectivity index (χ3v) is 3.83. The number of piperidine rings is 1. The van der Waals surface area contributed by atoms with E-state index in [1.165, 1.54) is 0 Å². The van der Waals surface area contributed by atoms with Gasteiger partial charge in [-0.3, -0.25) is 10.1 Å². The molecule has 2 rings (SSSR count). The minimum Gasteiger partial charge on any atom is -0.383 e. The fraction of sp³-hybridized carbons (Fsp3) is 0.714. The summed E-state index contributed by atoms with van der Waals surface area (Å²) in [7, 11) is 1.59. The molecule has 9 nitrogen and oxygen atoms in total. The van der Waals surface area contributed by atoms with Crippen LogP contribution in [0.25, 0.3) is 0 Å². The summed E-state index contributed by atoms with van der Waals surface area (Å²) in [5, 5.41) is 14.4. The minimum atomic E-state index is -0.506. The van der Waals surface area contributed by atoms with Crippen LogP contribution in [-0.2, 0) is 4.74 Å². The molecule has 1 saturated heterocycles. The lowest BCUT2D eigenvalue weighted by Gasteiger charge is -2.35. The van der Waals surface area contributed by atoms with Crippen molar-refractivity contribution in [3.05, 3.63) is 10.1 Å². The van der Waals surface area contributed by atoms with Gasteiger partial charge in [-0.25, -0.2) is 0 Å². The molecule has 128 valence electrons. The molecule has 0 spiro atoms. The predicted molar refractivity (Wildman–Crippen MR) is 88.6 cm³/mol. The first-order chi connectivity index (χ1) is 10.9. The van der Waals surface area contributed by atoms with Crippen molar-refractivity contribution in [1.29, 1.82) is 0 Å². The number of hydrogen-bond acceptors (Lipinski definition) is 8. The van der Waals surface area contributed by atoms with Crippen LogP contribution in [0, 0.1) is 22.0 Å². The standard InChI is InChI=1S/C14H24N6O3/c1-9-6-10(2)8-19(7-9)13-11(20(21)22)12(15)17-14(18-13)16-4-5-23-3/h9-10H,4-8H2,1-3H3,(H3,15,16,17,18)/t9-,10+. The summed E-state index contributed by atoms with van der Waals surface area (Å²) < 4.78 is 4.96. The number of nitrogen functional groups attached to an aromatic ring is 1. The molecule has 0 saturated carbocycles. The molecule has 23 heavy (non-hydrogen) atoms. The largest absolute Gasteiger partial charge is 0.383 e. The Hall–Kier alpha value is -2.16. The number of rotatable bonds is 6. The van der Waals surface area contributed by atoms with Crippen molar-refractivity contribution >= 4 is 23.3 Å². The van der Waals surface area contributed by atoms with Crippen molar-refractivity contribution in [2.24, 2.45) is 11.8 Å². The van der Waals surface area contributed by atoms with E-state index in [9.17, 15) is 10.1 Å². The van der Waals surface area contributed by atoms with Gasteiger partial charge in [0.2, 0.25) is 17.6 Å². The first kappa shape index (κ1) is 17.2. The Morgan fingerprint density at radius 1 is 1.39 bits per heavy atom. The fourth-order valence-electron chi connectivity index (χ4n) is 3.04. The molecule has 2 heterocycles. The number of nitrogens with two attached hydrogens (primary N) is 1. The van der Waals surface area contributed by atoms with E-state index in [-0.39, 0.29) is 17.5 Å². The smallest absolute Gasteiger partial charge is 0.353 e. The molecular weight excluding hydrogens is 300 g/mol. The van der Waals surface area contributed by atoms with Crippen LogP contribution < -0.4 is 16.0 Å². The monoisotopic (exact) mass is 324 g/mol. The number of nitrogens with one attached hydrogen (secondary N) is 1. The second-order valence-electron chi connectivity index (χ2n) is 6.13. The molecule has 0 radical (unpaired) electrons. The van der Waals surface area contributed by atoms with E-state index in [0.29, 0.717) is 30.8 Å². The highest BCUT2D eigenvalue weighted by Gasteiger charge is 2.31. The first-order valence-corrected chi connectivity index (χ1v) is 7.72. The number of anilines is 3. The molecule has 0 aliphatic carbocycles. The lowest BCUT2D eigenvalue weighted by molar-refractivity contribution is -0.383. The van der Waals surface area contributed by atoms with Crippen LogP contribution in [0.4, 0.5) is 23.3 Å². The molecule has 0 aromatic carbocycles. The van der Waals surface area contributed by atoms with E-state index < -0.39 is 4.92 Å². The quantitative estimate of drug-likeness (QED) is 0.459. The maximum atomic E-state index is 11.4. The van der Waals surface area contributed by atoms with E-state index >= 15 is 0 Å². The van der Waals surface area contributed by atoms with Crippen molar-refractivity contribution in [3.8, 4) is 0 Å². The van der Waals surface area contributed by atoms with Gasteiger partial charge >= 0.3 is 5.69 Å². The van der Waals surface area contributed by atoms with Crippen molar-refractivity contribution in [2.75, 3.05) is 49.3 Å². The summed E-state index contributed by atoms with van der Waals surface area (Å²) >= 11 is 0. The van der Waals surface area contributed by atoms with E-state index in [4.69, 9.17) is 10.5 Å². The Bertz CT molecular complexity index is 558. The lowest BCUT2D eigenvalue weighted by Crippen LogP contribution is -2.39. The van der Waals surface area contributed by atoms with Crippen molar-refractivity contribution < 1.29 is 9.66 Å². The highest BCUT2D eigenvalue weighted by atomic mass is 16.6. The summed E-state index contributed by atoms with van der Waals surface area (Å²) in [5.74, 6) is 1.34. The third kappa shape index (κ3) is 4.19. The number of nitro groups is 1. The van der Waals surface area contributed by atoms with Gasteiger partial charge in [0.15, 0.2) is 0 Å². The molecule has 1 fully saturated rings. The van der Waals surface area contributed by atoms with Crippen LogP contribution in [0.2, 0.25) is 0 Å². The average Bonchev–Trinajstić information content (AvgIpc) is 2.45. The third-order valence-electron chi connectivity index (χ3n) is 3.83. The molecular formula is C14H24N6O3. The van der Waals surface area contributed by atoms with Crippen molar-refractivity contribution in [2.45, 2.75) is 20.3 Å². The van der Waals surface area contributed by atoms with Gasteiger partial charge in [0.05, 0.1) is 11.5 Å². The van der Waals surface area contributed by atoms with Crippen LogP contribution in [0.5, 0.6) is 0 Å². The molecule has 1 aromatic rings. The van der Waals surface area contributed by atoms with Gasteiger partial charge in [0.1, 0.15) is 0 Å². The van der Waals surface area contributed by atoms with Gasteiger partial charge in [-0.2, -0.15) is 9.97 Å². The highest BCUT2D eigenvalue weighted by Crippen LogP contribution is 2.35. The van der Waals surface area contributed by atoms with Crippen molar-refractivity contribution in [3.63, 3.8) is 0 Å². The van der Waals surface area contributed by atoms with Crippen LogP contribution in [-0.4, -0.2) is 48.2 Å². The normalized spacial score (nSPS) is 21.3. The lowest BCUT2D eigenvalue weighted by atomic mass is 9.92. The molecule has 9 heteroatoms. The molecule has 0 unspecified atom stereocenters. The minimum absolute atomic E-state index is 0.120. The van der Waals surface area contributed by atoms with E-state index in [1.54, 1.807) is 7.11 Å². The Labute approximate surface area is 135 Å². The van der Waals surface area contributed by atoms with Crippen LogP contribution in [0.15, 0.2) is 0 Å². The average molecular weight is 324 g/mol. The summed E-state index contributed by atoms with van der Waals surface area (Å²) in [6.07, 6.45) is 1.10. The molecule has 1 aliphatic heterocycles. The summed E-state index contributed by atoms with van der Waals surface area (Å²) in [4.78, 5) is 21.2. The number of nitrogens with zero attached hydrogens (tertiary/aromatic N) is 4. The maximum Gasteiger partial charge on any atom is 0.353 e. The Balaban J connectivity index is 2.35. The van der Waals surface area contributed by atoms with Crippen LogP contribution >= 0.6 is 0 Å². The Morgan fingerprint density at radius 2 is 2.04 bits per heavy atom. The number of methoxy groups -OCH3 is 1. The van der Waals surface area contributed by atoms with E-state index in [1.807, 2.05) is 4.90 Å². The first-order valence-electron chi connectivity index (χ1n) is 7.72. The molecule has 2 atom stereocenters. The molecule has 3 N–H and O–H groups in total. The number of hydrogen-bond donors (Lipinski definition) is 2. The topological polar surface area (TPSA) is 119 Å². The zero-order valence-electron chi connectivity index (χ0n) is 13.8.